The van der Waals surface area contributed by atoms with Crippen molar-refractivity contribution in [2.75, 3.05) is 5.32 Å². The van der Waals surface area contributed by atoms with Crippen LogP contribution in [0.5, 0.6) is 11.6 Å². The quantitative estimate of drug-likeness (QED) is 0.312. The maximum absolute atomic E-state index is 13.0. The number of nitrogens with one attached hydrogen (secondary N) is 1. The van der Waals surface area contributed by atoms with Gasteiger partial charge in [-0.25, -0.2) is 15.0 Å². The van der Waals surface area contributed by atoms with Gasteiger partial charge in [0.1, 0.15) is 11.2 Å². The van der Waals surface area contributed by atoms with Crippen LogP contribution in [0.4, 0.5) is 18.3 Å². The minimum atomic E-state index is -4.45. The third kappa shape index (κ3) is 4.98. The van der Waals surface area contributed by atoms with Gasteiger partial charge in [-0.1, -0.05) is 29.5 Å². The second-order valence-electron chi connectivity index (χ2n) is 7.49. The van der Waals surface area contributed by atoms with Gasteiger partial charge in [0.2, 0.25) is 11.8 Å². The van der Waals surface area contributed by atoms with Crippen LogP contribution in [-0.4, -0.2) is 30.8 Å². The maximum Gasteiger partial charge on any atom is 0.416 e. The van der Waals surface area contributed by atoms with Crippen molar-refractivity contribution < 1.29 is 22.7 Å². The number of ether oxygens (including phenoxy) is 1. The summed E-state index contributed by atoms with van der Waals surface area (Å²) in [7, 11) is 0. The summed E-state index contributed by atoms with van der Waals surface area (Å²) in [6.07, 6.45) is -0.0120. The van der Waals surface area contributed by atoms with Crippen molar-refractivity contribution in [3.8, 4) is 34.4 Å². The highest BCUT2D eigenvalue weighted by molar-refractivity contribution is 7.22. The van der Waals surface area contributed by atoms with Crippen LogP contribution in [0.2, 0.25) is 0 Å². The fourth-order valence-corrected chi connectivity index (χ4v) is 4.24. The molecule has 5 rings (SSSR count). The summed E-state index contributed by atoms with van der Waals surface area (Å²) < 4.78 is 45.9. The number of para-hydroxylation sites is 1. The molecular formula is C24H15F3N6O2S. The van der Waals surface area contributed by atoms with Gasteiger partial charge in [0.05, 0.1) is 22.2 Å². The van der Waals surface area contributed by atoms with Crippen molar-refractivity contribution in [2.45, 2.75) is 13.1 Å². The average molecular weight is 508 g/mol. The zero-order chi connectivity index (χ0) is 25.3. The summed E-state index contributed by atoms with van der Waals surface area (Å²) >= 11 is 1.29. The predicted octanol–water partition coefficient (Wildman–Crippen LogP) is 5.98. The van der Waals surface area contributed by atoms with Gasteiger partial charge in [0, 0.05) is 30.9 Å². The lowest BCUT2D eigenvalue weighted by atomic mass is 10.1. The van der Waals surface area contributed by atoms with E-state index in [4.69, 9.17) is 4.74 Å². The number of thiazole rings is 1. The number of carbonyl (C=O) groups excluding carboxylic acids is 1. The van der Waals surface area contributed by atoms with Crippen LogP contribution in [0.3, 0.4) is 0 Å². The van der Waals surface area contributed by atoms with Gasteiger partial charge in [0.15, 0.2) is 16.7 Å². The fourth-order valence-electron chi connectivity index (χ4n) is 3.31. The van der Waals surface area contributed by atoms with Crippen LogP contribution in [0.15, 0.2) is 67.1 Å². The molecule has 0 aliphatic heterocycles. The maximum atomic E-state index is 13.0. The monoisotopic (exact) mass is 508 g/mol. The molecule has 0 spiro atoms. The number of hydrogen-bond donors (Lipinski definition) is 1. The molecule has 36 heavy (non-hydrogen) atoms. The molecule has 0 aliphatic rings. The number of anilines is 1. The van der Waals surface area contributed by atoms with E-state index in [0.29, 0.717) is 33.3 Å². The number of benzene rings is 2. The summed E-state index contributed by atoms with van der Waals surface area (Å²) in [5.74, 6) is 0.437. The van der Waals surface area contributed by atoms with E-state index < -0.39 is 11.7 Å². The Hall–Kier alpha value is -4.45. The first kappa shape index (κ1) is 23.3. The van der Waals surface area contributed by atoms with Gasteiger partial charge >= 0.3 is 6.18 Å². The SMILES string of the molecule is CC(=O)Nc1nc2c(Oc3cc(-c4ccc(C(F)(F)F)cc4)nc(-c4cnccn4)n3)cccc2s1. The molecule has 5 aromatic rings. The zero-order valence-electron chi connectivity index (χ0n) is 18.4. The summed E-state index contributed by atoms with van der Waals surface area (Å²) in [6, 6.07) is 11.5. The lowest BCUT2D eigenvalue weighted by molar-refractivity contribution is -0.137. The van der Waals surface area contributed by atoms with Crippen LogP contribution in [0, 0.1) is 0 Å². The largest absolute Gasteiger partial charge is 0.437 e. The van der Waals surface area contributed by atoms with Crippen LogP contribution in [0.1, 0.15) is 12.5 Å². The topological polar surface area (TPSA) is 103 Å². The van der Waals surface area contributed by atoms with E-state index in [0.717, 1.165) is 16.8 Å². The number of hydrogen-bond acceptors (Lipinski definition) is 8. The molecule has 0 atom stereocenters. The molecule has 8 nitrogen and oxygen atoms in total. The predicted molar refractivity (Wildman–Crippen MR) is 127 cm³/mol. The molecule has 0 bridgehead atoms. The number of alkyl halides is 3. The minimum Gasteiger partial charge on any atom is -0.437 e. The molecule has 0 fully saturated rings. The smallest absolute Gasteiger partial charge is 0.416 e. The van der Waals surface area contributed by atoms with Gasteiger partial charge in [0.25, 0.3) is 0 Å². The number of nitrogens with zero attached hydrogens (tertiary/aromatic N) is 5. The number of rotatable bonds is 5. The number of amides is 1. The second kappa shape index (κ2) is 9.30. The summed E-state index contributed by atoms with van der Waals surface area (Å²) in [5.41, 5.74) is 0.869. The minimum absolute atomic E-state index is 0.127. The summed E-state index contributed by atoms with van der Waals surface area (Å²) in [4.78, 5) is 33.0. The Bertz CT molecular complexity index is 1560. The van der Waals surface area contributed by atoms with Crippen molar-refractivity contribution in [1.82, 2.24) is 24.9 Å². The molecule has 180 valence electrons. The van der Waals surface area contributed by atoms with Crippen molar-refractivity contribution >= 4 is 32.6 Å². The molecule has 3 aromatic heterocycles. The molecule has 0 radical (unpaired) electrons. The molecule has 0 unspecified atom stereocenters. The highest BCUT2D eigenvalue weighted by atomic mass is 32.1. The number of halogens is 3. The molecule has 12 heteroatoms. The number of carbonyl (C=O) groups is 1. The number of aromatic nitrogens is 5. The molecule has 0 aliphatic carbocycles. The Labute approximate surface area is 205 Å². The third-order valence-corrected chi connectivity index (χ3v) is 5.82. The lowest BCUT2D eigenvalue weighted by Crippen LogP contribution is -2.04. The van der Waals surface area contributed by atoms with E-state index in [-0.39, 0.29) is 17.6 Å². The van der Waals surface area contributed by atoms with Crippen LogP contribution in [-0.2, 0) is 11.0 Å². The van der Waals surface area contributed by atoms with E-state index in [9.17, 15) is 18.0 Å². The van der Waals surface area contributed by atoms with Gasteiger partial charge in [-0.15, -0.1) is 0 Å². The summed E-state index contributed by atoms with van der Waals surface area (Å²) in [5, 5.41) is 3.07. The molecular weight excluding hydrogens is 493 g/mol. The van der Waals surface area contributed by atoms with Crippen molar-refractivity contribution in [2.24, 2.45) is 0 Å². The first-order valence-corrected chi connectivity index (χ1v) is 11.3. The normalized spacial score (nSPS) is 11.4. The van der Waals surface area contributed by atoms with Gasteiger partial charge in [-0.3, -0.25) is 9.78 Å². The van der Waals surface area contributed by atoms with Gasteiger partial charge in [-0.2, -0.15) is 18.2 Å². The van der Waals surface area contributed by atoms with Gasteiger partial charge in [-0.05, 0) is 24.3 Å². The second-order valence-corrected chi connectivity index (χ2v) is 8.52. The average Bonchev–Trinajstić information content (AvgIpc) is 3.27. The standard InChI is InChI=1S/C24H15F3N6O2S/c1-13(34)30-23-33-21-18(3-2-4-19(21)36-23)35-20-11-16(14-5-7-15(8-6-14)24(25,26)27)31-22(32-20)17-12-28-9-10-29-17/h2-12H,1H3,(H,30,33,34). The zero-order valence-corrected chi connectivity index (χ0v) is 19.3. The van der Waals surface area contributed by atoms with E-state index >= 15 is 0 Å². The Morgan fingerprint density at radius 2 is 1.81 bits per heavy atom. The first-order valence-electron chi connectivity index (χ1n) is 10.4. The van der Waals surface area contributed by atoms with Gasteiger partial charge < -0.3 is 10.1 Å². The molecule has 2 aromatic carbocycles. The number of fused-ring (bicyclic) bond motifs is 1. The Kier molecular flexibility index (Phi) is 6.02. The van der Waals surface area contributed by atoms with Crippen LogP contribution >= 0.6 is 11.3 Å². The lowest BCUT2D eigenvalue weighted by Gasteiger charge is -2.11. The Morgan fingerprint density at radius 3 is 2.50 bits per heavy atom. The highest BCUT2D eigenvalue weighted by Gasteiger charge is 2.30. The molecule has 0 saturated heterocycles. The molecule has 3 heterocycles. The van der Waals surface area contributed by atoms with E-state index in [2.05, 4.69) is 30.2 Å². The van der Waals surface area contributed by atoms with E-state index in [1.807, 2.05) is 6.07 Å². The van der Waals surface area contributed by atoms with E-state index in [1.165, 1.54) is 55.1 Å². The van der Waals surface area contributed by atoms with Crippen molar-refractivity contribution in [1.29, 1.82) is 0 Å². The van der Waals surface area contributed by atoms with Crippen LogP contribution < -0.4 is 10.1 Å². The van der Waals surface area contributed by atoms with Crippen LogP contribution in [0.25, 0.3) is 33.0 Å². The third-order valence-electron chi connectivity index (χ3n) is 4.88. The summed E-state index contributed by atoms with van der Waals surface area (Å²) in [6.45, 7) is 1.39. The molecule has 0 saturated carbocycles. The molecule has 1 N–H and O–H groups in total. The fraction of sp³-hybridized carbons (Fsp3) is 0.0833. The van der Waals surface area contributed by atoms with Crippen molar-refractivity contribution in [3.05, 3.63) is 72.7 Å². The highest BCUT2D eigenvalue weighted by Crippen LogP contribution is 2.36. The van der Waals surface area contributed by atoms with Crippen molar-refractivity contribution in [3.63, 3.8) is 0 Å². The molecule has 1 amide bonds. The Balaban J connectivity index is 1.57. The van der Waals surface area contributed by atoms with E-state index in [1.54, 1.807) is 12.1 Å². The first-order chi connectivity index (χ1) is 17.3. The Morgan fingerprint density at radius 1 is 1.00 bits per heavy atom.